The van der Waals surface area contributed by atoms with Crippen LogP contribution in [0.1, 0.15) is 33.3 Å². The van der Waals surface area contributed by atoms with Gasteiger partial charge in [0.05, 0.1) is 17.0 Å². The monoisotopic (exact) mass is 447 g/mol. The molecule has 0 radical (unpaired) electrons. The van der Waals surface area contributed by atoms with E-state index in [9.17, 15) is 9.59 Å². The Hall–Kier alpha value is -3.02. The van der Waals surface area contributed by atoms with Gasteiger partial charge in [-0.25, -0.2) is 0 Å². The van der Waals surface area contributed by atoms with Gasteiger partial charge >= 0.3 is 0 Å². The van der Waals surface area contributed by atoms with Crippen molar-refractivity contribution < 1.29 is 9.21 Å². The molecular weight excluding hydrogens is 430 g/mol. The molecule has 4 nitrogen and oxygen atoms in total. The quantitative estimate of drug-likeness (QED) is 0.349. The number of thioether (sulfide) groups is 1. The van der Waals surface area contributed by atoms with Gasteiger partial charge in [-0.05, 0) is 60.7 Å². The van der Waals surface area contributed by atoms with Crippen molar-refractivity contribution in [3.63, 3.8) is 0 Å². The Bertz CT molecular complexity index is 1390. The third kappa shape index (κ3) is 3.16. The number of carbonyl (C=O) groups excluding carboxylic acids is 1. The molecular formula is C25H18ClNO3S. The number of aryl methyl sites for hydroxylation is 1. The first-order valence-corrected chi connectivity index (χ1v) is 11.4. The van der Waals surface area contributed by atoms with Crippen LogP contribution in [0, 0.1) is 6.92 Å². The summed E-state index contributed by atoms with van der Waals surface area (Å²) in [6.07, 6.45) is 2.00. The zero-order valence-electron chi connectivity index (χ0n) is 16.9. The molecule has 31 heavy (non-hydrogen) atoms. The molecule has 0 aliphatic carbocycles. The van der Waals surface area contributed by atoms with Crippen LogP contribution in [0.2, 0.25) is 5.02 Å². The van der Waals surface area contributed by atoms with Crippen molar-refractivity contribution in [1.82, 2.24) is 0 Å². The summed E-state index contributed by atoms with van der Waals surface area (Å²) in [7, 11) is 0. The lowest BCUT2D eigenvalue weighted by Crippen LogP contribution is -2.29. The van der Waals surface area contributed by atoms with Crippen LogP contribution < -0.4 is 10.3 Å². The van der Waals surface area contributed by atoms with E-state index in [4.69, 9.17) is 16.0 Å². The Morgan fingerprint density at radius 3 is 2.45 bits per heavy atom. The molecule has 4 aromatic rings. The second kappa shape index (κ2) is 7.59. The van der Waals surface area contributed by atoms with E-state index in [1.807, 2.05) is 49.6 Å². The summed E-state index contributed by atoms with van der Waals surface area (Å²) in [5.74, 6) is -0.268. The molecule has 0 saturated carbocycles. The summed E-state index contributed by atoms with van der Waals surface area (Å²) in [5, 5.41) is 1.02. The van der Waals surface area contributed by atoms with Gasteiger partial charge in [0.25, 0.3) is 5.91 Å². The highest BCUT2D eigenvalue weighted by Crippen LogP contribution is 2.42. The zero-order valence-corrected chi connectivity index (χ0v) is 18.5. The lowest BCUT2D eigenvalue weighted by atomic mass is 9.98. The highest BCUT2D eigenvalue weighted by Gasteiger charge is 2.43. The maximum atomic E-state index is 13.5. The van der Waals surface area contributed by atoms with Gasteiger partial charge in [-0.2, -0.15) is 0 Å². The van der Waals surface area contributed by atoms with Gasteiger partial charge in [0.2, 0.25) is 5.76 Å². The molecule has 154 valence electrons. The van der Waals surface area contributed by atoms with E-state index in [0.717, 1.165) is 16.0 Å². The van der Waals surface area contributed by atoms with Crippen molar-refractivity contribution in [2.24, 2.45) is 0 Å². The molecule has 0 bridgehead atoms. The van der Waals surface area contributed by atoms with Crippen LogP contribution >= 0.6 is 23.4 Å². The first-order chi connectivity index (χ1) is 15.0. The number of carbonyl (C=O) groups is 1. The van der Waals surface area contributed by atoms with Gasteiger partial charge in [-0.1, -0.05) is 41.9 Å². The minimum atomic E-state index is -0.599. The highest BCUT2D eigenvalue weighted by molar-refractivity contribution is 7.98. The number of fused-ring (bicyclic) bond motifs is 2. The fourth-order valence-electron chi connectivity index (χ4n) is 4.02. The van der Waals surface area contributed by atoms with Gasteiger partial charge in [0.15, 0.2) is 5.43 Å². The molecule has 1 aliphatic heterocycles. The molecule has 1 aliphatic rings. The van der Waals surface area contributed by atoms with Crippen molar-refractivity contribution in [2.45, 2.75) is 17.9 Å². The summed E-state index contributed by atoms with van der Waals surface area (Å²) < 4.78 is 5.97. The van der Waals surface area contributed by atoms with Crippen molar-refractivity contribution in [3.8, 4) is 0 Å². The summed E-state index contributed by atoms with van der Waals surface area (Å²) in [6, 6.07) is 19.8. The number of halogens is 1. The molecule has 0 N–H and O–H groups in total. The number of hydrogen-bond acceptors (Lipinski definition) is 4. The van der Waals surface area contributed by atoms with Crippen molar-refractivity contribution in [3.05, 3.63) is 104 Å². The van der Waals surface area contributed by atoms with Gasteiger partial charge in [-0.15, -0.1) is 11.8 Å². The molecule has 0 saturated heterocycles. The first-order valence-electron chi connectivity index (χ1n) is 9.79. The molecule has 1 amide bonds. The largest absolute Gasteiger partial charge is 0.450 e. The zero-order chi connectivity index (χ0) is 21.7. The van der Waals surface area contributed by atoms with Crippen LogP contribution in [0.5, 0.6) is 0 Å². The lowest BCUT2D eigenvalue weighted by molar-refractivity contribution is 0.0971. The Balaban J connectivity index is 1.79. The number of rotatable bonds is 3. The predicted octanol–water partition coefficient (Wildman–Crippen LogP) is 6.23. The van der Waals surface area contributed by atoms with Crippen LogP contribution in [0.3, 0.4) is 0 Å². The average Bonchev–Trinajstić information content (AvgIpc) is 3.08. The molecule has 0 unspecified atom stereocenters. The van der Waals surface area contributed by atoms with E-state index in [1.165, 1.54) is 0 Å². The number of anilines is 1. The molecule has 3 aromatic carbocycles. The Morgan fingerprint density at radius 1 is 1.00 bits per heavy atom. The molecule has 2 heterocycles. The smallest absolute Gasteiger partial charge is 0.295 e. The Labute approximate surface area is 188 Å². The van der Waals surface area contributed by atoms with Crippen molar-refractivity contribution in [2.75, 3.05) is 11.2 Å². The van der Waals surface area contributed by atoms with E-state index < -0.39 is 6.04 Å². The summed E-state index contributed by atoms with van der Waals surface area (Å²) >= 11 is 8.01. The maximum absolute atomic E-state index is 13.5. The fourth-order valence-corrected chi connectivity index (χ4v) is 4.60. The van der Waals surface area contributed by atoms with Crippen LogP contribution in [-0.2, 0) is 0 Å². The van der Waals surface area contributed by atoms with Crippen LogP contribution in [0.25, 0.3) is 11.0 Å². The van der Waals surface area contributed by atoms with Crippen LogP contribution in [-0.4, -0.2) is 12.2 Å². The number of para-hydroxylation sites is 1. The molecule has 5 rings (SSSR count). The molecule has 0 fully saturated rings. The molecule has 6 heteroatoms. The van der Waals surface area contributed by atoms with Crippen molar-refractivity contribution in [1.29, 1.82) is 0 Å². The Kier molecular flexibility index (Phi) is 4.88. The fraction of sp³-hybridized carbons (Fsp3) is 0.120. The van der Waals surface area contributed by atoms with Gasteiger partial charge in [0.1, 0.15) is 5.58 Å². The van der Waals surface area contributed by atoms with Gasteiger partial charge in [0, 0.05) is 15.6 Å². The lowest BCUT2D eigenvalue weighted by Gasteiger charge is -2.25. The second-order valence-corrected chi connectivity index (χ2v) is 8.74. The maximum Gasteiger partial charge on any atom is 0.295 e. The van der Waals surface area contributed by atoms with E-state index in [1.54, 1.807) is 47.0 Å². The minimum Gasteiger partial charge on any atom is -0.450 e. The van der Waals surface area contributed by atoms with E-state index in [0.29, 0.717) is 27.2 Å². The van der Waals surface area contributed by atoms with E-state index >= 15 is 0 Å². The summed E-state index contributed by atoms with van der Waals surface area (Å²) in [4.78, 5) is 29.7. The topological polar surface area (TPSA) is 50.5 Å². The normalized spacial score (nSPS) is 15.5. The first kappa shape index (κ1) is 19.9. The Morgan fingerprint density at radius 2 is 1.74 bits per heavy atom. The molecule has 0 spiro atoms. The van der Waals surface area contributed by atoms with Crippen LogP contribution in [0.15, 0.2) is 80.8 Å². The second-order valence-electron chi connectivity index (χ2n) is 7.45. The number of amides is 1. The summed E-state index contributed by atoms with van der Waals surface area (Å²) in [5.41, 5.74) is 2.94. The van der Waals surface area contributed by atoms with Gasteiger partial charge < -0.3 is 4.42 Å². The average molecular weight is 448 g/mol. The number of hydrogen-bond donors (Lipinski definition) is 0. The van der Waals surface area contributed by atoms with Crippen LogP contribution in [0.4, 0.5) is 5.69 Å². The number of benzene rings is 3. The minimum absolute atomic E-state index is 0.0827. The van der Waals surface area contributed by atoms with Crippen molar-refractivity contribution >= 4 is 45.9 Å². The third-order valence-electron chi connectivity index (χ3n) is 5.64. The standard InChI is InChI=1S/C25H18ClNO3S/c1-14-7-10-16(13-19(14)26)27-22(15-8-11-17(31-2)12-9-15)21-23(28)18-5-3-4-6-20(18)30-24(21)25(27)29/h3-13,22H,1-2H3/t22-/m0/s1. The van der Waals surface area contributed by atoms with Gasteiger partial charge in [-0.3, -0.25) is 14.5 Å². The van der Waals surface area contributed by atoms with E-state index in [2.05, 4.69) is 0 Å². The molecule has 1 atom stereocenters. The summed E-state index contributed by atoms with van der Waals surface area (Å²) in [6.45, 7) is 1.91. The molecule has 1 aromatic heterocycles. The van der Waals surface area contributed by atoms with E-state index in [-0.39, 0.29) is 17.1 Å². The predicted molar refractivity (Wildman–Crippen MR) is 126 cm³/mol. The number of nitrogens with zero attached hydrogens (tertiary/aromatic N) is 1. The highest BCUT2D eigenvalue weighted by atomic mass is 35.5. The SMILES string of the molecule is CSc1ccc([C@H]2c3c(oc4ccccc4c3=O)C(=O)N2c2ccc(C)c(Cl)c2)cc1. The third-order valence-corrected chi connectivity index (χ3v) is 6.79.